The Morgan fingerprint density at radius 2 is 0.322 bits per heavy atom. The molecule has 2 heteroatoms. The molecular weight excluding hydrogens is 729 g/mol. The van der Waals surface area contributed by atoms with Crippen molar-refractivity contribution in [3.05, 3.63) is 0 Å². The van der Waals surface area contributed by atoms with E-state index in [0.717, 1.165) is 0 Å². The second-order valence-electron chi connectivity index (χ2n) is 24.2. The predicted molar refractivity (Wildman–Crippen MR) is 275 cm³/mol. The molecule has 0 saturated heterocycles. The Bertz CT molecular complexity index is 720. The fourth-order valence-electron chi connectivity index (χ4n) is 9.54. The maximum atomic E-state index is 12.0. The van der Waals surface area contributed by atoms with Crippen LogP contribution in [0.15, 0.2) is 0 Å². The molecular formula is C57H118OSi. The normalized spacial score (nSPS) is 12.9. The Labute approximate surface area is 377 Å². The molecule has 0 aliphatic rings. The molecule has 0 spiro atoms. The lowest BCUT2D eigenvalue weighted by Gasteiger charge is -2.25. The van der Waals surface area contributed by atoms with Crippen molar-refractivity contribution in [3.8, 4) is 0 Å². The lowest BCUT2D eigenvalue weighted by Crippen LogP contribution is -2.34. The SMILES string of the molecule is CC(C)(C)CCCCCCCCCCCCCCC[Si](O)(CCCCCCCCCCCCCCCC(C)(C)C)CCCCCCCCCCCCCCCC(C)(C)C. The van der Waals surface area contributed by atoms with E-state index in [1.165, 1.54) is 288 Å². The zero-order valence-corrected chi connectivity index (χ0v) is 44.3. The first kappa shape index (κ1) is 59.2. The van der Waals surface area contributed by atoms with Gasteiger partial charge < -0.3 is 4.80 Å². The van der Waals surface area contributed by atoms with Crippen LogP contribution >= 0.6 is 0 Å². The van der Waals surface area contributed by atoms with Gasteiger partial charge in [-0.15, -0.1) is 0 Å². The molecule has 0 unspecified atom stereocenters. The van der Waals surface area contributed by atoms with Gasteiger partial charge in [0.05, 0.1) is 0 Å². The van der Waals surface area contributed by atoms with E-state index in [2.05, 4.69) is 62.3 Å². The van der Waals surface area contributed by atoms with E-state index in [4.69, 9.17) is 0 Å². The largest absolute Gasteiger partial charge is 0.432 e. The minimum absolute atomic E-state index is 0.512. The monoisotopic (exact) mass is 847 g/mol. The van der Waals surface area contributed by atoms with Crippen molar-refractivity contribution in [1.29, 1.82) is 0 Å². The molecule has 0 rings (SSSR count). The lowest BCUT2D eigenvalue weighted by molar-refractivity contribution is 0.356. The third-order valence-electron chi connectivity index (χ3n) is 13.7. The molecule has 0 heterocycles. The molecule has 0 aromatic rings. The molecule has 1 N–H and O–H groups in total. The summed E-state index contributed by atoms with van der Waals surface area (Å²) in [5, 5.41) is 0. The third-order valence-corrected chi connectivity index (χ3v) is 17.6. The molecule has 59 heavy (non-hydrogen) atoms. The van der Waals surface area contributed by atoms with Gasteiger partial charge in [-0.3, -0.25) is 0 Å². The van der Waals surface area contributed by atoms with Crippen molar-refractivity contribution < 1.29 is 4.80 Å². The van der Waals surface area contributed by atoms with Crippen LogP contribution in [0.2, 0.25) is 18.1 Å². The van der Waals surface area contributed by atoms with E-state index in [9.17, 15) is 4.80 Å². The van der Waals surface area contributed by atoms with E-state index in [1.807, 2.05) is 0 Å². The number of unbranched alkanes of at least 4 members (excludes halogenated alkanes) is 36. The summed E-state index contributed by atoms with van der Waals surface area (Å²) < 4.78 is 0. The van der Waals surface area contributed by atoms with Gasteiger partial charge in [-0.1, -0.05) is 313 Å². The molecule has 0 atom stereocenters. The van der Waals surface area contributed by atoms with Crippen molar-refractivity contribution in [2.75, 3.05) is 0 Å². The van der Waals surface area contributed by atoms with Gasteiger partial charge in [-0.25, -0.2) is 0 Å². The van der Waals surface area contributed by atoms with Gasteiger partial charge in [-0.2, -0.15) is 0 Å². The Hall–Kier alpha value is 0.177. The number of rotatable bonds is 45. The van der Waals surface area contributed by atoms with Crippen LogP contribution in [0.4, 0.5) is 0 Å². The average molecular weight is 848 g/mol. The van der Waals surface area contributed by atoms with Crippen molar-refractivity contribution in [2.45, 2.75) is 350 Å². The molecule has 0 aliphatic heterocycles. The maximum Gasteiger partial charge on any atom is 0.188 e. The molecule has 0 amide bonds. The molecule has 1 nitrogen and oxygen atoms in total. The summed E-state index contributed by atoms with van der Waals surface area (Å²) in [6.07, 6.45) is 59.5. The van der Waals surface area contributed by atoms with E-state index in [1.54, 1.807) is 0 Å². The smallest absolute Gasteiger partial charge is 0.188 e. The summed E-state index contributed by atoms with van der Waals surface area (Å²) >= 11 is 0. The highest BCUT2D eigenvalue weighted by Gasteiger charge is 2.29. The molecule has 0 radical (unpaired) electrons. The lowest BCUT2D eigenvalue weighted by atomic mass is 9.89. The van der Waals surface area contributed by atoms with Crippen LogP contribution in [0.25, 0.3) is 0 Å². The highest BCUT2D eigenvalue weighted by Crippen LogP contribution is 2.29. The van der Waals surface area contributed by atoms with Crippen LogP contribution < -0.4 is 0 Å². The third kappa shape index (κ3) is 50.7. The van der Waals surface area contributed by atoms with Gasteiger partial charge in [0.2, 0.25) is 0 Å². The van der Waals surface area contributed by atoms with E-state index >= 15 is 0 Å². The summed E-state index contributed by atoms with van der Waals surface area (Å²) in [4.78, 5) is 12.0. The highest BCUT2D eigenvalue weighted by atomic mass is 28.4. The summed E-state index contributed by atoms with van der Waals surface area (Å²) in [5.41, 5.74) is 1.53. The average Bonchev–Trinajstić information content (AvgIpc) is 3.15. The second kappa shape index (κ2) is 39.7. The van der Waals surface area contributed by atoms with E-state index < -0.39 is 8.32 Å². The summed E-state index contributed by atoms with van der Waals surface area (Å²) in [6.45, 7) is 21.4. The van der Waals surface area contributed by atoms with Gasteiger partial charge in [0, 0.05) is 0 Å². The summed E-state index contributed by atoms with van der Waals surface area (Å²) in [6, 6.07) is 3.57. The van der Waals surface area contributed by atoms with E-state index in [0.29, 0.717) is 16.2 Å². The molecule has 0 aromatic carbocycles. The summed E-state index contributed by atoms with van der Waals surface area (Å²) in [7, 11) is -2.09. The van der Waals surface area contributed by atoms with Crippen LogP contribution in [0, 0.1) is 16.2 Å². The Kier molecular flexibility index (Phi) is 39.9. The van der Waals surface area contributed by atoms with Gasteiger partial charge in [0.1, 0.15) is 0 Å². The van der Waals surface area contributed by atoms with Crippen LogP contribution in [0.5, 0.6) is 0 Å². The standard InChI is InChI=1S/C57H118OSi/c1-55(2,3)49-43-37-31-25-19-13-10-16-22-28-34-40-46-52-59(58,53-47-41-35-29-23-17-11-14-20-26-32-38-44-50-56(4,5)6)54-48-42-36-30-24-18-12-15-21-27-33-39-45-51-57(7,8)9/h58H,10-54H2,1-9H3. The van der Waals surface area contributed by atoms with Crippen LogP contribution in [-0.2, 0) is 0 Å². The topological polar surface area (TPSA) is 20.2 Å². The summed E-state index contributed by atoms with van der Waals surface area (Å²) in [5.74, 6) is 0. The van der Waals surface area contributed by atoms with Crippen LogP contribution in [0.1, 0.15) is 332 Å². The van der Waals surface area contributed by atoms with Crippen LogP contribution in [-0.4, -0.2) is 13.1 Å². The molecule has 0 fully saturated rings. The first-order valence-corrected chi connectivity index (χ1v) is 30.4. The first-order chi connectivity index (χ1) is 28.1. The fraction of sp³-hybridized carbons (Fsp3) is 1.00. The maximum absolute atomic E-state index is 12.0. The fourth-order valence-corrected chi connectivity index (χ4v) is 13.0. The zero-order chi connectivity index (χ0) is 43.8. The Morgan fingerprint density at radius 3 is 0.458 bits per heavy atom. The van der Waals surface area contributed by atoms with Gasteiger partial charge >= 0.3 is 0 Å². The molecule has 0 bridgehead atoms. The molecule has 356 valence electrons. The van der Waals surface area contributed by atoms with Gasteiger partial charge in [0.25, 0.3) is 0 Å². The van der Waals surface area contributed by atoms with E-state index in [-0.39, 0.29) is 0 Å². The molecule has 0 saturated carbocycles. The quantitative estimate of drug-likeness (QED) is 0.0478. The van der Waals surface area contributed by atoms with Crippen molar-refractivity contribution in [2.24, 2.45) is 16.2 Å². The van der Waals surface area contributed by atoms with Gasteiger partial charge in [-0.05, 0) is 53.6 Å². The number of hydrogen-bond acceptors (Lipinski definition) is 1. The number of hydrogen-bond donors (Lipinski definition) is 1. The van der Waals surface area contributed by atoms with Gasteiger partial charge in [0.15, 0.2) is 8.32 Å². The zero-order valence-electron chi connectivity index (χ0n) is 43.3. The minimum Gasteiger partial charge on any atom is -0.432 e. The Morgan fingerprint density at radius 1 is 0.203 bits per heavy atom. The van der Waals surface area contributed by atoms with Crippen LogP contribution in [0.3, 0.4) is 0 Å². The highest BCUT2D eigenvalue weighted by molar-refractivity contribution is 6.72. The molecule has 0 aliphatic carbocycles. The predicted octanol–water partition coefficient (Wildman–Crippen LogP) is 21.4. The van der Waals surface area contributed by atoms with Crippen molar-refractivity contribution in [1.82, 2.24) is 0 Å². The molecule has 0 aromatic heterocycles. The second-order valence-corrected chi connectivity index (χ2v) is 28.1. The minimum atomic E-state index is -2.09. The first-order valence-electron chi connectivity index (χ1n) is 27.8. The Balaban J connectivity index is 4.14. The van der Waals surface area contributed by atoms with Crippen molar-refractivity contribution in [3.63, 3.8) is 0 Å². The van der Waals surface area contributed by atoms with Crippen molar-refractivity contribution >= 4 is 8.32 Å².